The predicted molar refractivity (Wildman–Crippen MR) is 104 cm³/mol. The zero-order valence-corrected chi connectivity index (χ0v) is 17.4. The third kappa shape index (κ3) is 5.95. The number of rotatable bonds is 5. The second-order valence-corrected chi connectivity index (χ2v) is 7.36. The molecule has 0 bridgehead atoms. The smallest absolute Gasteiger partial charge is 0.421 e. The molecule has 0 unspecified atom stereocenters. The number of nitrogens with zero attached hydrogens (tertiary/aromatic N) is 4. The molecule has 1 fully saturated rings. The molecule has 1 aliphatic rings. The highest BCUT2D eigenvalue weighted by Crippen LogP contribution is 2.29. The Hall–Kier alpha value is -3.36. The number of anilines is 1. The number of carbonyl (C=O) groups excluding carboxylic acids is 1. The first-order valence-corrected chi connectivity index (χ1v) is 9.87. The van der Waals surface area contributed by atoms with E-state index in [4.69, 9.17) is 4.74 Å². The number of amides is 1. The van der Waals surface area contributed by atoms with Crippen LogP contribution in [0.15, 0.2) is 29.5 Å². The van der Waals surface area contributed by atoms with Crippen molar-refractivity contribution < 1.29 is 41.0 Å². The molecule has 0 saturated carbocycles. The largest absolute Gasteiger partial charge is 0.449 e. The third-order valence-corrected chi connectivity index (χ3v) is 5.06. The molecule has 0 radical (unpaired) electrons. The van der Waals surface area contributed by atoms with Gasteiger partial charge in [0.05, 0.1) is 24.8 Å². The third-order valence-electron chi connectivity index (χ3n) is 5.06. The molecule has 0 aromatic carbocycles. The lowest BCUT2D eigenvalue weighted by Gasteiger charge is -2.39. The molecule has 2 aromatic heterocycles. The van der Waals surface area contributed by atoms with Crippen LogP contribution in [-0.2, 0) is 23.5 Å². The highest BCUT2D eigenvalue weighted by atomic mass is 19.4. The van der Waals surface area contributed by atoms with Gasteiger partial charge in [0.2, 0.25) is 5.95 Å². The van der Waals surface area contributed by atoms with Gasteiger partial charge in [0, 0.05) is 44.6 Å². The van der Waals surface area contributed by atoms with Crippen molar-refractivity contribution in [3.8, 4) is 0 Å². The Bertz CT molecular complexity index is 1060. The standard InChI is InChI=1S/C19H19F6N5O4/c20-18(21,22)12-7-27-16(28-8-12)29-2-3-30(13(9-29)10-31)17(33)34-4-1-11-5-14(19(23,24)25)15(32)26-6-11/h5-8,13,31H,1-4,9-10H2,(H,26,32)/t13-/m0/s1. The fraction of sp³-hybridized carbons (Fsp3) is 0.474. The number of pyridine rings is 1. The topological polar surface area (TPSA) is 112 Å². The number of aromatic nitrogens is 3. The minimum Gasteiger partial charge on any atom is -0.449 e. The molecule has 1 aliphatic heterocycles. The van der Waals surface area contributed by atoms with Crippen LogP contribution in [0.3, 0.4) is 0 Å². The van der Waals surface area contributed by atoms with E-state index in [9.17, 15) is 41.0 Å². The lowest BCUT2D eigenvalue weighted by Crippen LogP contribution is -2.57. The first-order chi connectivity index (χ1) is 15.9. The van der Waals surface area contributed by atoms with Crippen molar-refractivity contribution in [1.29, 1.82) is 0 Å². The summed E-state index contributed by atoms with van der Waals surface area (Å²) in [5.74, 6) is -0.00185. The lowest BCUT2D eigenvalue weighted by molar-refractivity contribution is -0.139. The minimum atomic E-state index is -4.83. The van der Waals surface area contributed by atoms with Crippen molar-refractivity contribution in [2.45, 2.75) is 24.8 Å². The fourth-order valence-corrected chi connectivity index (χ4v) is 3.29. The van der Waals surface area contributed by atoms with Crippen molar-refractivity contribution in [3.05, 3.63) is 51.7 Å². The van der Waals surface area contributed by atoms with Crippen molar-refractivity contribution in [3.63, 3.8) is 0 Å². The normalized spacial score (nSPS) is 17.1. The first-order valence-electron chi connectivity index (χ1n) is 9.87. The van der Waals surface area contributed by atoms with Gasteiger partial charge >= 0.3 is 18.4 Å². The van der Waals surface area contributed by atoms with Crippen molar-refractivity contribution in [2.75, 3.05) is 37.7 Å². The summed E-state index contributed by atoms with van der Waals surface area (Å²) in [6.07, 6.45) is -7.98. The molecule has 15 heteroatoms. The van der Waals surface area contributed by atoms with E-state index >= 15 is 0 Å². The summed E-state index contributed by atoms with van der Waals surface area (Å²) >= 11 is 0. The second-order valence-electron chi connectivity index (χ2n) is 7.36. The van der Waals surface area contributed by atoms with Gasteiger partial charge in [0.15, 0.2) is 0 Å². The van der Waals surface area contributed by atoms with Gasteiger partial charge in [-0.15, -0.1) is 0 Å². The number of carbonyl (C=O) groups is 1. The molecule has 0 aliphatic carbocycles. The molecule has 3 heterocycles. The second kappa shape index (κ2) is 9.87. The number of aliphatic hydroxyl groups excluding tert-OH is 1. The van der Waals surface area contributed by atoms with Crippen molar-refractivity contribution in [2.24, 2.45) is 0 Å². The monoisotopic (exact) mass is 495 g/mol. The molecule has 186 valence electrons. The number of hydrogen-bond acceptors (Lipinski definition) is 7. The molecule has 34 heavy (non-hydrogen) atoms. The maximum atomic E-state index is 12.8. The van der Waals surface area contributed by atoms with Crippen LogP contribution in [0.2, 0.25) is 0 Å². The summed E-state index contributed by atoms with van der Waals surface area (Å²) in [5, 5.41) is 9.66. The van der Waals surface area contributed by atoms with Gasteiger partial charge in [-0.05, 0) is 11.6 Å². The molecular formula is C19H19F6N5O4. The number of nitrogens with one attached hydrogen (secondary N) is 1. The van der Waals surface area contributed by atoms with Gasteiger partial charge in [0.25, 0.3) is 5.56 Å². The van der Waals surface area contributed by atoms with Crippen LogP contribution in [0.25, 0.3) is 0 Å². The molecule has 1 saturated heterocycles. The highest BCUT2D eigenvalue weighted by molar-refractivity contribution is 5.68. The summed E-state index contributed by atoms with van der Waals surface area (Å²) in [6, 6.07) is -0.108. The number of hydrogen-bond donors (Lipinski definition) is 2. The molecule has 1 atom stereocenters. The van der Waals surface area contributed by atoms with Crippen LogP contribution in [0, 0.1) is 0 Å². The maximum Gasteiger partial charge on any atom is 0.421 e. The van der Waals surface area contributed by atoms with Crippen LogP contribution in [0.1, 0.15) is 16.7 Å². The molecule has 0 spiro atoms. The molecule has 9 nitrogen and oxygen atoms in total. The number of halogens is 6. The van der Waals surface area contributed by atoms with Crippen LogP contribution >= 0.6 is 0 Å². The summed E-state index contributed by atoms with van der Waals surface area (Å²) in [4.78, 5) is 35.8. The molecule has 2 N–H and O–H groups in total. The average molecular weight is 495 g/mol. The van der Waals surface area contributed by atoms with E-state index < -0.39 is 47.8 Å². The van der Waals surface area contributed by atoms with Gasteiger partial charge in [-0.2, -0.15) is 26.3 Å². The van der Waals surface area contributed by atoms with Crippen LogP contribution in [0.5, 0.6) is 0 Å². The Balaban J connectivity index is 1.57. The minimum absolute atomic E-state index is 0.00185. The van der Waals surface area contributed by atoms with Gasteiger partial charge in [0.1, 0.15) is 5.56 Å². The van der Waals surface area contributed by atoms with Gasteiger partial charge in [-0.25, -0.2) is 14.8 Å². The fourth-order valence-electron chi connectivity index (χ4n) is 3.29. The molecular weight excluding hydrogens is 476 g/mol. The van der Waals surface area contributed by atoms with Gasteiger partial charge in [-0.3, -0.25) is 9.69 Å². The average Bonchev–Trinajstić information content (AvgIpc) is 2.78. The summed E-state index contributed by atoms with van der Waals surface area (Å²) in [5.41, 5.74) is -3.56. The van der Waals surface area contributed by atoms with Gasteiger partial charge < -0.3 is 19.7 Å². The Morgan fingerprint density at radius 2 is 1.82 bits per heavy atom. The molecule has 2 aromatic rings. The van der Waals surface area contributed by atoms with Crippen LogP contribution < -0.4 is 10.5 Å². The van der Waals surface area contributed by atoms with E-state index in [-0.39, 0.29) is 44.2 Å². The number of alkyl halides is 6. The Morgan fingerprint density at radius 1 is 1.15 bits per heavy atom. The Morgan fingerprint density at radius 3 is 2.41 bits per heavy atom. The van der Waals surface area contributed by atoms with E-state index in [1.165, 1.54) is 9.80 Å². The van der Waals surface area contributed by atoms with E-state index in [1.807, 2.05) is 4.98 Å². The summed E-state index contributed by atoms with van der Waals surface area (Å²) < 4.78 is 81.6. The van der Waals surface area contributed by atoms with Gasteiger partial charge in [-0.1, -0.05) is 0 Å². The number of aliphatic hydroxyl groups is 1. The van der Waals surface area contributed by atoms with Crippen molar-refractivity contribution in [1.82, 2.24) is 19.9 Å². The number of ether oxygens (including phenoxy) is 1. The predicted octanol–water partition coefficient (Wildman–Crippen LogP) is 2.06. The quantitative estimate of drug-likeness (QED) is 0.611. The zero-order valence-electron chi connectivity index (χ0n) is 17.4. The zero-order chi connectivity index (χ0) is 25.1. The number of aromatic amines is 1. The van der Waals surface area contributed by atoms with E-state index in [1.54, 1.807) is 0 Å². The lowest BCUT2D eigenvalue weighted by atomic mass is 10.1. The van der Waals surface area contributed by atoms with E-state index in [0.29, 0.717) is 18.5 Å². The number of piperazine rings is 1. The summed E-state index contributed by atoms with van der Waals surface area (Å²) in [7, 11) is 0. The van der Waals surface area contributed by atoms with E-state index in [0.717, 1.165) is 6.20 Å². The van der Waals surface area contributed by atoms with Crippen LogP contribution in [-0.4, -0.2) is 69.9 Å². The first kappa shape index (κ1) is 25.3. The van der Waals surface area contributed by atoms with E-state index in [2.05, 4.69) is 9.97 Å². The van der Waals surface area contributed by atoms with Crippen molar-refractivity contribution >= 4 is 12.0 Å². The maximum absolute atomic E-state index is 12.8. The molecule has 3 rings (SSSR count). The Labute approximate surface area is 188 Å². The number of H-pyrrole nitrogens is 1. The molecule has 1 amide bonds. The highest BCUT2D eigenvalue weighted by Gasteiger charge is 2.35. The SMILES string of the molecule is O=C(OCCc1c[nH]c(=O)c(C(F)(F)F)c1)N1CCN(c2ncc(C(F)(F)F)cn2)C[C@H]1CO. The summed E-state index contributed by atoms with van der Waals surface area (Å²) in [6.45, 7) is -0.577. The Kier molecular flexibility index (Phi) is 7.33. The van der Waals surface area contributed by atoms with Crippen LogP contribution in [0.4, 0.5) is 37.1 Å².